The monoisotopic (exact) mass is 263 g/mol. The van der Waals surface area contributed by atoms with Gasteiger partial charge < -0.3 is 16.4 Å². The fraction of sp³-hybridized carbons (Fsp3) is 0.429. The van der Waals surface area contributed by atoms with Gasteiger partial charge in [0.1, 0.15) is 0 Å². The molecule has 0 aliphatic rings. The molecule has 0 bridgehead atoms. The largest absolute Gasteiger partial charge is 0.326 e. The fourth-order valence-electron chi connectivity index (χ4n) is 1.56. The molecule has 1 atom stereocenters. The highest BCUT2D eigenvalue weighted by atomic mass is 16.2. The Bertz CT molecular complexity index is 472. The van der Waals surface area contributed by atoms with E-state index in [1.165, 1.54) is 0 Å². The summed E-state index contributed by atoms with van der Waals surface area (Å²) in [7, 11) is 0. The van der Waals surface area contributed by atoms with Crippen LogP contribution in [0.3, 0.4) is 0 Å². The van der Waals surface area contributed by atoms with Crippen molar-refractivity contribution >= 4 is 23.2 Å². The maximum atomic E-state index is 11.8. The molecule has 0 heterocycles. The molecule has 19 heavy (non-hydrogen) atoms. The molecule has 4 N–H and O–H groups in total. The molecule has 5 heteroatoms. The van der Waals surface area contributed by atoms with E-state index in [0.29, 0.717) is 24.2 Å². The molecule has 0 aliphatic carbocycles. The van der Waals surface area contributed by atoms with Crippen LogP contribution in [0, 0.1) is 6.92 Å². The summed E-state index contributed by atoms with van der Waals surface area (Å²) in [4.78, 5) is 23.2. The van der Waals surface area contributed by atoms with Crippen LogP contribution in [0.5, 0.6) is 0 Å². The predicted molar refractivity (Wildman–Crippen MR) is 77.0 cm³/mol. The van der Waals surface area contributed by atoms with E-state index in [1.807, 2.05) is 13.8 Å². The number of nitrogens with one attached hydrogen (secondary N) is 2. The molecule has 1 unspecified atom stereocenters. The fourth-order valence-corrected chi connectivity index (χ4v) is 1.56. The van der Waals surface area contributed by atoms with Gasteiger partial charge in [0.15, 0.2) is 0 Å². The van der Waals surface area contributed by atoms with E-state index in [4.69, 9.17) is 5.73 Å². The second-order valence-electron chi connectivity index (χ2n) is 4.38. The van der Waals surface area contributed by atoms with E-state index in [9.17, 15) is 9.59 Å². The molecular weight excluding hydrogens is 242 g/mol. The second kappa shape index (κ2) is 6.89. The zero-order valence-electron chi connectivity index (χ0n) is 11.6. The van der Waals surface area contributed by atoms with E-state index in [1.54, 1.807) is 25.1 Å². The highest BCUT2D eigenvalue weighted by Gasteiger charge is 2.13. The standard InChI is InChI=1S/C14H21N3O2/c1-4-10(15)14(19)17-12-8-6-7-11(9(12)3)16-13(18)5-2/h6-8,10H,4-5,15H2,1-3H3,(H,16,18)(H,17,19). The summed E-state index contributed by atoms with van der Waals surface area (Å²) in [6.07, 6.45) is 0.994. The minimum atomic E-state index is -0.520. The van der Waals surface area contributed by atoms with Crippen molar-refractivity contribution < 1.29 is 9.59 Å². The molecule has 0 saturated carbocycles. The van der Waals surface area contributed by atoms with Gasteiger partial charge in [-0.1, -0.05) is 19.9 Å². The average molecular weight is 263 g/mol. The summed E-state index contributed by atoms with van der Waals surface area (Å²) in [5.74, 6) is -0.276. The molecule has 5 nitrogen and oxygen atoms in total. The maximum absolute atomic E-state index is 11.8. The van der Waals surface area contributed by atoms with Crippen molar-refractivity contribution in [1.29, 1.82) is 0 Å². The van der Waals surface area contributed by atoms with Gasteiger partial charge >= 0.3 is 0 Å². The van der Waals surface area contributed by atoms with Crippen molar-refractivity contribution in [3.8, 4) is 0 Å². The van der Waals surface area contributed by atoms with Crippen molar-refractivity contribution in [3.05, 3.63) is 23.8 Å². The molecule has 104 valence electrons. The molecule has 0 radical (unpaired) electrons. The van der Waals surface area contributed by atoms with E-state index in [2.05, 4.69) is 10.6 Å². The first kappa shape index (κ1) is 15.2. The van der Waals surface area contributed by atoms with E-state index in [0.717, 1.165) is 5.56 Å². The van der Waals surface area contributed by atoms with Crippen LogP contribution in [0.25, 0.3) is 0 Å². The van der Waals surface area contributed by atoms with Crippen LogP contribution in [-0.2, 0) is 9.59 Å². The first-order valence-corrected chi connectivity index (χ1v) is 6.45. The molecule has 0 saturated heterocycles. The first-order valence-electron chi connectivity index (χ1n) is 6.45. The third kappa shape index (κ3) is 4.06. The van der Waals surface area contributed by atoms with Gasteiger partial charge in [-0.15, -0.1) is 0 Å². The summed E-state index contributed by atoms with van der Waals surface area (Å²) in [5, 5.41) is 5.57. The lowest BCUT2D eigenvalue weighted by Gasteiger charge is -2.15. The quantitative estimate of drug-likeness (QED) is 0.759. The van der Waals surface area contributed by atoms with Crippen LogP contribution in [0.2, 0.25) is 0 Å². The van der Waals surface area contributed by atoms with E-state index in [-0.39, 0.29) is 11.8 Å². The van der Waals surface area contributed by atoms with Crippen molar-refractivity contribution in [2.75, 3.05) is 10.6 Å². The lowest BCUT2D eigenvalue weighted by Crippen LogP contribution is -2.35. The number of hydrogen-bond acceptors (Lipinski definition) is 3. The number of anilines is 2. The van der Waals surface area contributed by atoms with Crippen molar-refractivity contribution in [3.63, 3.8) is 0 Å². The number of carbonyl (C=O) groups excluding carboxylic acids is 2. The van der Waals surface area contributed by atoms with Crippen LogP contribution in [0.1, 0.15) is 32.3 Å². The molecule has 0 spiro atoms. The second-order valence-corrected chi connectivity index (χ2v) is 4.38. The van der Waals surface area contributed by atoms with Gasteiger partial charge in [-0.25, -0.2) is 0 Å². The van der Waals surface area contributed by atoms with Crippen LogP contribution >= 0.6 is 0 Å². The molecule has 1 rings (SSSR count). The van der Waals surface area contributed by atoms with Crippen molar-refractivity contribution in [2.45, 2.75) is 39.7 Å². The lowest BCUT2D eigenvalue weighted by molar-refractivity contribution is -0.117. The predicted octanol–water partition coefficient (Wildman–Crippen LogP) is 2.02. The number of hydrogen-bond donors (Lipinski definition) is 3. The van der Waals surface area contributed by atoms with Gasteiger partial charge in [-0.05, 0) is 31.0 Å². The van der Waals surface area contributed by atoms with Gasteiger partial charge in [0, 0.05) is 17.8 Å². The lowest BCUT2D eigenvalue weighted by atomic mass is 10.1. The summed E-state index contributed by atoms with van der Waals surface area (Å²) in [5.41, 5.74) is 7.87. The van der Waals surface area contributed by atoms with Gasteiger partial charge in [-0.2, -0.15) is 0 Å². The summed E-state index contributed by atoms with van der Waals surface area (Å²) in [6, 6.07) is 4.86. The topological polar surface area (TPSA) is 84.2 Å². The maximum Gasteiger partial charge on any atom is 0.241 e. The normalized spacial score (nSPS) is 11.8. The minimum absolute atomic E-state index is 0.0585. The van der Waals surface area contributed by atoms with E-state index < -0.39 is 6.04 Å². The SMILES string of the molecule is CCC(=O)Nc1cccc(NC(=O)C(N)CC)c1C. The van der Waals surface area contributed by atoms with Gasteiger partial charge in [0.2, 0.25) is 11.8 Å². The number of amides is 2. The van der Waals surface area contributed by atoms with Crippen molar-refractivity contribution in [1.82, 2.24) is 0 Å². The van der Waals surface area contributed by atoms with Crippen molar-refractivity contribution in [2.24, 2.45) is 5.73 Å². The Morgan fingerprint density at radius 3 is 2.32 bits per heavy atom. The molecule has 0 fully saturated rings. The Hall–Kier alpha value is -1.88. The van der Waals surface area contributed by atoms with E-state index >= 15 is 0 Å². The first-order chi connectivity index (χ1) is 8.99. The van der Waals surface area contributed by atoms with Crippen LogP contribution in [-0.4, -0.2) is 17.9 Å². The minimum Gasteiger partial charge on any atom is -0.326 e. The van der Waals surface area contributed by atoms with Crippen LogP contribution in [0.15, 0.2) is 18.2 Å². The summed E-state index contributed by atoms with van der Waals surface area (Å²) in [6.45, 7) is 5.49. The highest BCUT2D eigenvalue weighted by Crippen LogP contribution is 2.23. The molecule has 1 aromatic carbocycles. The summed E-state index contributed by atoms with van der Waals surface area (Å²) >= 11 is 0. The van der Waals surface area contributed by atoms with Gasteiger partial charge in [0.05, 0.1) is 6.04 Å². The molecular formula is C14H21N3O2. The Morgan fingerprint density at radius 2 is 1.79 bits per heavy atom. The molecule has 1 aromatic rings. The zero-order chi connectivity index (χ0) is 14.4. The zero-order valence-corrected chi connectivity index (χ0v) is 11.6. The number of benzene rings is 1. The van der Waals surface area contributed by atoms with Gasteiger partial charge in [-0.3, -0.25) is 9.59 Å². The van der Waals surface area contributed by atoms with Crippen LogP contribution < -0.4 is 16.4 Å². The Labute approximate surface area is 113 Å². The van der Waals surface area contributed by atoms with Gasteiger partial charge in [0.25, 0.3) is 0 Å². The Morgan fingerprint density at radius 1 is 1.21 bits per heavy atom. The Kier molecular flexibility index (Phi) is 5.51. The third-order valence-corrected chi connectivity index (χ3v) is 2.96. The van der Waals surface area contributed by atoms with Crippen LogP contribution in [0.4, 0.5) is 11.4 Å². The Balaban J connectivity index is 2.88. The highest BCUT2D eigenvalue weighted by molar-refractivity contribution is 5.97. The smallest absolute Gasteiger partial charge is 0.241 e. The number of carbonyl (C=O) groups is 2. The summed E-state index contributed by atoms with van der Waals surface area (Å²) < 4.78 is 0. The number of rotatable bonds is 5. The third-order valence-electron chi connectivity index (χ3n) is 2.96. The average Bonchev–Trinajstić information content (AvgIpc) is 2.41. The molecule has 0 aliphatic heterocycles. The molecule has 0 aromatic heterocycles. The molecule has 2 amide bonds. The number of nitrogens with two attached hydrogens (primary N) is 1.